The van der Waals surface area contributed by atoms with E-state index in [1.807, 2.05) is 19.0 Å². The number of hydrogen-bond acceptors (Lipinski definition) is 5. The summed E-state index contributed by atoms with van der Waals surface area (Å²) in [5, 5.41) is 3.48. The van der Waals surface area contributed by atoms with Gasteiger partial charge in [0.1, 0.15) is 17.1 Å². The van der Waals surface area contributed by atoms with Crippen LogP contribution in [0.3, 0.4) is 0 Å². The summed E-state index contributed by atoms with van der Waals surface area (Å²) in [5.74, 6) is -0.221. The molecule has 1 N–H and O–H groups in total. The molecule has 0 fully saturated rings. The van der Waals surface area contributed by atoms with Gasteiger partial charge in [-0.1, -0.05) is 12.1 Å². The number of ether oxygens (including phenoxy) is 1. The molecule has 0 radical (unpaired) electrons. The molecule has 0 aliphatic carbocycles. The highest BCUT2D eigenvalue weighted by Gasteiger charge is 2.19. The van der Waals surface area contributed by atoms with Crippen LogP contribution in [0.5, 0.6) is 5.75 Å². The number of amides is 1. The van der Waals surface area contributed by atoms with Crippen LogP contribution in [0.4, 0.5) is 4.39 Å². The maximum absolute atomic E-state index is 13.3. The predicted octanol–water partition coefficient (Wildman–Crippen LogP) is 3.36. The van der Waals surface area contributed by atoms with Crippen LogP contribution in [0, 0.1) is 5.82 Å². The first-order valence-corrected chi connectivity index (χ1v) is 9.20. The molecule has 0 spiro atoms. The number of nitrogens with zero attached hydrogens (tertiary/aromatic N) is 1. The second kappa shape index (κ2) is 8.87. The van der Waals surface area contributed by atoms with Crippen LogP contribution in [0.1, 0.15) is 28.4 Å². The maximum atomic E-state index is 13.3. The normalized spacial score (nSPS) is 12.2. The smallest absolute Gasteiger partial charge is 0.337 e. The predicted molar refractivity (Wildman–Crippen MR) is 109 cm³/mol. The van der Waals surface area contributed by atoms with Gasteiger partial charge in [0.2, 0.25) is 0 Å². The third kappa shape index (κ3) is 5.00. The van der Waals surface area contributed by atoms with Gasteiger partial charge < -0.3 is 19.4 Å². The topological polar surface area (TPSA) is 71.8 Å². The molecule has 0 aliphatic heterocycles. The van der Waals surface area contributed by atoms with Crippen LogP contribution < -0.4 is 15.7 Å². The minimum absolute atomic E-state index is 0.218. The third-order valence-corrected chi connectivity index (χ3v) is 4.64. The lowest BCUT2D eigenvalue weighted by atomic mass is 10.0. The lowest BCUT2D eigenvalue weighted by Gasteiger charge is -2.21. The molecule has 0 bridgehead atoms. The Balaban J connectivity index is 1.94. The summed E-state index contributed by atoms with van der Waals surface area (Å²) in [6, 6.07) is 11.8. The zero-order valence-corrected chi connectivity index (χ0v) is 16.6. The molecule has 0 saturated heterocycles. The summed E-state index contributed by atoms with van der Waals surface area (Å²) in [5.41, 5.74) is 0.655. The van der Waals surface area contributed by atoms with Crippen molar-refractivity contribution in [3.8, 4) is 5.75 Å². The van der Waals surface area contributed by atoms with Crippen molar-refractivity contribution in [1.82, 2.24) is 10.2 Å². The van der Waals surface area contributed by atoms with Crippen molar-refractivity contribution >= 4 is 16.9 Å². The van der Waals surface area contributed by atoms with Gasteiger partial charge in [-0.25, -0.2) is 9.18 Å². The zero-order valence-electron chi connectivity index (χ0n) is 16.6. The Labute approximate surface area is 167 Å². The standard InChI is InChI=1S/C22H23FN2O4/c1-25(2)11-10-19(14-4-6-15(23)7-5-14)24-22(27)18-13-21(26)29-20-12-16(28-3)8-9-17(18)20/h4-9,12-13,19H,10-11H2,1-3H3,(H,24,27). The molecule has 0 saturated carbocycles. The van der Waals surface area contributed by atoms with Gasteiger partial charge in [-0.15, -0.1) is 0 Å². The van der Waals surface area contributed by atoms with Crippen molar-refractivity contribution in [2.75, 3.05) is 27.7 Å². The summed E-state index contributed by atoms with van der Waals surface area (Å²) >= 11 is 0. The van der Waals surface area contributed by atoms with Crippen molar-refractivity contribution in [2.24, 2.45) is 0 Å². The summed E-state index contributed by atoms with van der Waals surface area (Å²) < 4.78 is 23.7. The summed E-state index contributed by atoms with van der Waals surface area (Å²) in [4.78, 5) is 27.0. The molecule has 3 aromatic rings. The Morgan fingerprint density at radius 1 is 1.17 bits per heavy atom. The lowest BCUT2D eigenvalue weighted by Crippen LogP contribution is -2.31. The van der Waals surface area contributed by atoms with E-state index >= 15 is 0 Å². The number of rotatable bonds is 7. The molecule has 1 heterocycles. The molecule has 0 aliphatic rings. The lowest BCUT2D eigenvalue weighted by molar-refractivity contribution is 0.0933. The van der Waals surface area contributed by atoms with Crippen molar-refractivity contribution in [3.63, 3.8) is 0 Å². The molecule has 1 unspecified atom stereocenters. The van der Waals surface area contributed by atoms with E-state index in [0.717, 1.165) is 12.1 Å². The third-order valence-electron chi connectivity index (χ3n) is 4.64. The van der Waals surface area contributed by atoms with Gasteiger partial charge >= 0.3 is 5.63 Å². The second-order valence-corrected chi connectivity index (χ2v) is 7.01. The van der Waals surface area contributed by atoms with Crippen molar-refractivity contribution in [1.29, 1.82) is 0 Å². The minimum Gasteiger partial charge on any atom is -0.497 e. The second-order valence-electron chi connectivity index (χ2n) is 7.01. The average Bonchev–Trinajstić information content (AvgIpc) is 2.70. The van der Waals surface area contributed by atoms with Crippen LogP contribution >= 0.6 is 0 Å². The number of carbonyl (C=O) groups is 1. The van der Waals surface area contributed by atoms with Crippen LogP contribution in [0.15, 0.2) is 57.7 Å². The number of methoxy groups -OCH3 is 1. The molecule has 1 aromatic heterocycles. The fourth-order valence-corrected chi connectivity index (χ4v) is 3.10. The maximum Gasteiger partial charge on any atom is 0.337 e. The summed E-state index contributed by atoms with van der Waals surface area (Å²) in [6.45, 7) is 0.719. The number of halogens is 1. The van der Waals surface area contributed by atoms with E-state index < -0.39 is 11.5 Å². The highest BCUT2D eigenvalue weighted by atomic mass is 19.1. The Morgan fingerprint density at radius 3 is 2.55 bits per heavy atom. The Kier molecular flexibility index (Phi) is 6.29. The molecule has 1 atom stereocenters. The Hall–Kier alpha value is -3.19. The summed E-state index contributed by atoms with van der Waals surface area (Å²) in [7, 11) is 5.38. The molecule has 1 amide bonds. The van der Waals surface area contributed by atoms with Crippen LogP contribution in [-0.2, 0) is 0 Å². The van der Waals surface area contributed by atoms with E-state index in [2.05, 4.69) is 5.32 Å². The highest BCUT2D eigenvalue weighted by Crippen LogP contribution is 2.24. The number of hydrogen-bond donors (Lipinski definition) is 1. The molecule has 3 rings (SSSR count). The summed E-state index contributed by atoms with van der Waals surface area (Å²) in [6.07, 6.45) is 0.623. The van der Waals surface area contributed by atoms with E-state index in [1.54, 1.807) is 30.3 Å². The molecule has 152 valence electrons. The number of nitrogens with one attached hydrogen (secondary N) is 1. The van der Waals surface area contributed by atoms with Crippen molar-refractivity contribution < 1.29 is 18.3 Å². The van der Waals surface area contributed by atoms with Gasteiger partial charge in [-0.2, -0.15) is 0 Å². The largest absolute Gasteiger partial charge is 0.497 e. The molecule has 6 nitrogen and oxygen atoms in total. The molecule has 29 heavy (non-hydrogen) atoms. The van der Waals surface area contributed by atoms with E-state index in [0.29, 0.717) is 17.6 Å². The first-order valence-electron chi connectivity index (χ1n) is 9.20. The van der Waals surface area contributed by atoms with Gasteiger partial charge in [-0.3, -0.25) is 4.79 Å². The fourth-order valence-electron chi connectivity index (χ4n) is 3.10. The SMILES string of the molecule is COc1ccc2c(C(=O)NC(CCN(C)C)c3ccc(F)cc3)cc(=O)oc2c1. The van der Waals surface area contributed by atoms with Crippen LogP contribution in [-0.4, -0.2) is 38.6 Å². The fraction of sp³-hybridized carbons (Fsp3) is 0.273. The molecular weight excluding hydrogens is 375 g/mol. The van der Waals surface area contributed by atoms with Crippen LogP contribution in [0.2, 0.25) is 0 Å². The van der Waals surface area contributed by atoms with Gasteiger partial charge in [0.05, 0.1) is 18.7 Å². The first kappa shape index (κ1) is 20.5. The number of benzene rings is 2. The average molecular weight is 398 g/mol. The van der Waals surface area contributed by atoms with Gasteiger partial charge in [-0.05, 0) is 56.9 Å². The minimum atomic E-state index is -0.623. The van der Waals surface area contributed by atoms with Crippen molar-refractivity contribution in [2.45, 2.75) is 12.5 Å². The Bertz CT molecular complexity index is 1060. The van der Waals surface area contributed by atoms with Gasteiger partial charge in [0.25, 0.3) is 5.91 Å². The van der Waals surface area contributed by atoms with Gasteiger partial charge in [0.15, 0.2) is 0 Å². The van der Waals surface area contributed by atoms with Crippen LogP contribution in [0.25, 0.3) is 11.0 Å². The van der Waals surface area contributed by atoms with E-state index in [4.69, 9.17) is 9.15 Å². The van der Waals surface area contributed by atoms with Gasteiger partial charge in [0, 0.05) is 17.5 Å². The zero-order chi connectivity index (χ0) is 21.0. The monoisotopic (exact) mass is 398 g/mol. The number of carbonyl (C=O) groups excluding carboxylic acids is 1. The quantitative estimate of drug-likeness (QED) is 0.618. The molecule has 7 heteroatoms. The number of fused-ring (bicyclic) bond motifs is 1. The van der Waals surface area contributed by atoms with E-state index in [9.17, 15) is 14.0 Å². The van der Waals surface area contributed by atoms with E-state index in [-0.39, 0.29) is 23.0 Å². The van der Waals surface area contributed by atoms with Crippen molar-refractivity contribution in [3.05, 3.63) is 75.9 Å². The van der Waals surface area contributed by atoms with E-state index in [1.165, 1.54) is 25.3 Å². The Morgan fingerprint density at radius 2 is 1.90 bits per heavy atom. The molecule has 2 aromatic carbocycles. The molecular formula is C22H23FN2O4. The first-order chi connectivity index (χ1) is 13.9. The highest BCUT2D eigenvalue weighted by molar-refractivity contribution is 6.05.